The third kappa shape index (κ3) is 2.71. The Morgan fingerprint density at radius 3 is 2.18 bits per heavy atom. The van der Waals surface area contributed by atoms with Crippen LogP contribution in [0.3, 0.4) is 0 Å². The maximum absolute atomic E-state index is 12.3. The molecule has 116 valence electrons. The van der Waals surface area contributed by atoms with Gasteiger partial charge in [0.25, 0.3) is 11.8 Å². The molecule has 5 nitrogen and oxygen atoms in total. The average Bonchev–Trinajstić information content (AvgIpc) is 3.27. The molecule has 1 aliphatic carbocycles. The second-order valence-electron chi connectivity index (χ2n) is 5.70. The number of carbonyl (C=O) groups is 3. The van der Waals surface area contributed by atoms with Gasteiger partial charge in [-0.3, -0.25) is 19.3 Å². The second kappa shape index (κ2) is 5.56. The van der Waals surface area contributed by atoms with Gasteiger partial charge in [0, 0.05) is 6.04 Å². The third-order valence-electron chi connectivity index (χ3n) is 4.03. The first-order valence-corrected chi connectivity index (χ1v) is 7.78. The van der Waals surface area contributed by atoms with Crippen molar-refractivity contribution in [3.8, 4) is 0 Å². The lowest BCUT2D eigenvalue weighted by atomic mass is 10.1. The van der Waals surface area contributed by atoms with Gasteiger partial charge >= 0.3 is 0 Å². The van der Waals surface area contributed by atoms with Crippen molar-refractivity contribution in [1.82, 2.24) is 10.2 Å². The number of fused-ring (bicyclic) bond motifs is 1. The molecule has 3 rings (SSSR count). The van der Waals surface area contributed by atoms with E-state index in [0.717, 1.165) is 17.7 Å². The molecule has 1 aromatic carbocycles. The van der Waals surface area contributed by atoms with Crippen molar-refractivity contribution in [2.24, 2.45) is 5.92 Å². The van der Waals surface area contributed by atoms with E-state index in [1.165, 1.54) is 12.1 Å². The second-order valence-corrected chi connectivity index (χ2v) is 6.52. The largest absolute Gasteiger partial charge is 0.352 e. The molecule has 0 bridgehead atoms. The minimum Gasteiger partial charge on any atom is -0.352 e. The van der Waals surface area contributed by atoms with Gasteiger partial charge in [-0.05, 0) is 37.8 Å². The summed E-state index contributed by atoms with van der Waals surface area (Å²) < 4.78 is 0. The molecular weight excluding hydrogens is 327 g/mol. The van der Waals surface area contributed by atoms with Crippen LogP contribution in [0.4, 0.5) is 0 Å². The number of benzene rings is 1. The van der Waals surface area contributed by atoms with E-state index in [0.29, 0.717) is 5.92 Å². The smallest absolute Gasteiger partial charge is 0.262 e. The van der Waals surface area contributed by atoms with Crippen LogP contribution in [0.1, 0.15) is 40.5 Å². The van der Waals surface area contributed by atoms with E-state index >= 15 is 0 Å². The van der Waals surface area contributed by atoms with E-state index in [9.17, 15) is 14.4 Å². The van der Waals surface area contributed by atoms with Crippen LogP contribution in [0, 0.1) is 5.92 Å². The van der Waals surface area contributed by atoms with Crippen molar-refractivity contribution < 1.29 is 14.4 Å². The molecule has 1 N–H and O–H groups in total. The van der Waals surface area contributed by atoms with Gasteiger partial charge in [-0.1, -0.05) is 23.2 Å². The number of hydrogen-bond acceptors (Lipinski definition) is 3. The van der Waals surface area contributed by atoms with Crippen LogP contribution in [0.15, 0.2) is 12.1 Å². The van der Waals surface area contributed by atoms with Gasteiger partial charge in [0.15, 0.2) is 0 Å². The number of amides is 3. The van der Waals surface area contributed by atoms with Gasteiger partial charge in [-0.2, -0.15) is 0 Å². The van der Waals surface area contributed by atoms with E-state index in [1.54, 1.807) is 0 Å². The Hall–Kier alpha value is -1.59. The van der Waals surface area contributed by atoms with E-state index in [1.807, 2.05) is 6.92 Å². The molecule has 1 aromatic rings. The zero-order valence-corrected chi connectivity index (χ0v) is 13.4. The molecule has 2 aliphatic rings. The SMILES string of the molecule is C[C@@H](NC(=O)CN1C(=O)c2cc(Cl)c(Cl)cc2C1=O)C1CC1. The lowest BCUT2D eigenvalue weighted by Crippen LogP contribution is -2.43. The molecule has 0 aromatic heterocycles. The van der Waals surface area contributed by atoms with Crippen molar-refractivity contribution >= 4 is 40.9 Å². The minimum atomic E-state index is -0.521. The number of nitrogens with zero attached hydrogens (tertiary/aromatic N) is 1. The highest BCUT2D eigenvalue weighted by Crippen LogP contribution is 2.33. The Morgan fingerprint density at radius 2 is 1.73 bits per heavy atom. The van der Waals surface area contributed by atoms with Crippen molar-refractivity contribution in [2.75, 3.05) is 6.54 Å². The highest BCUT2D eigenvalue weighted by molar-refractivity contribution is 6.43. The average molecular weight is 341 g/mol. The maximum Gasteiger partial charge on any atom is 0.262 e. The summed E-state index contributed by atoms with van der Waals surface area (Å²) in [6.07, 6.45) is 2.21. The van der Waals surface area contributed by atoms with Crippen LogP contribution in [0.25, 0.3) is 0 Å². The Labute approximate surface area is 137 Å². The van der Waals surface area contributed by atoms with Crippen molar-refractivity contribution in [2.45, 2.75) is 25.8 Å². The topological polar surface area (TPSA) is 66.5 Å². The van der Waals surface area contributed by atoms with Gasteiger partial charge in [0.05, 0.1) is 21.2 Å². The fourth-order valence-electron chi connectivity index (χ4n) is 2.58. The molecule has 1 heterocycles. The van der Waals surface area contributed by atoms with Crippen LogP contribution in [0.2, 0.25) is 10.0 Å². The van der Waals surface area contributed by atoms with Gasteiger partial charge in [-0.25, -0.2) is 0 Å². The summed E-state index contributed by atoms with van der Waals surface area (Å²) in [5, 5.41) is 3.23. The van der Waals surface area contributed by atoms with Crippen LogP contribution in [0.5, 0.6) is 0 Å². The van der Waals surface area contributed by atoms with Gasteiger partial charge < -0.3 is 5.32 Å². The molecule has 0 spiro atoms. The molecule has 0 saturated heterocycles. The van der Waals surface area contributed by atoms with Crippen molar-refractivity contribution in [3.05, 3.63) is 33.3 Å². The third-order valence-corrected chi connectivity index (χ3v) is 4.75. The lowest BCUT2D eigenvalue weighted by Gasteiger charge is -2.17. The molecule has 1 saturated carbocycles. The highest BCUT2D eigenvalue weighted by Gasteiger charge is 2.38. The Kier molecular flexibility index (Phi) is 3.87. The number of imide groups is 1. The zero-order chi connectivity index (χ0) is 16.0. The van der Waals surface area contributed by atoms with Crippen LogP contribution in [-0.4, -0.2) is 35.2 Å². The Balaban J connectivity index is 1.74. The van der Waals surface area contributed by atoms with E-state index in [2.05, 4.69) is 5.32 Å². The first-order chi connectivity index (χ1) is 10.4. The minimum absolute atomic E-state index is 0.0616. The quantitative estimate of drug-likeness (QED) is 0.856. The normalized spacial score (nSPS) is 18.4. The van der Waals surface area contributed by atoms with Crippen molar-refractivity contribution in [1.29, 1.82) is 0 Å². The molecule has 1 aliphatic heterocycles. The summed E-state index contributed by atoms with van der Waals surface area (Å²) in [5.41, 5.74) is 0.366. The van der Waals surface area contributed by atoms with E-state index < -0.39 is 11.8 Å². The van der Waals surface area contributed by atoms with Crippen LogP contribution >= 0.6 is 23.2 Å². The van der Waals surface area contributed by atoms with Crippen LogP contribution < -0.4 is 5.32 Å². The fraction of sp³-hybridized carbons (Fsp3) is 0.400. The molecule has 22 heavy (non-hydrogen) atoms. The first kappa shape index (κ1) is 15.3. The standard InChI is InChI=1S/C15H14Cl2N2O3/c1-7(8-2-3-8)18-13(20)6-19-14(21)9-4-11(16)12(17)5-10(9)15(19)22/h4-5,7-8H,2-3,6H2,1H3,(H,18,20)/t7-/m1/s1. The van der Waals surface area contributed by atoms with Gasteiger partial charge in [0.1, 0.15) is 6.54 Å². The van der Waals surface area contributed by atoms with E-state index in [-0.39, 0.29) is 39.7 Å². The summed E-state index contributed by atoms with van der Waals surface area (Å²) in [4.78, 5) is 37.5. The molecule has 3 amide bonds. The number of nitrogens with one attached hydrogen (secondary N) is 1. The molecule has 7 heteroatoms. The summed E-state index contributed by atoms with van der Waals surface area (Å²) in [7, 11) is 0. The number of halogens is 2. The zero-order valence-electron chi connectivity index (χ0n) is 11.9. The van der Waals surface area contributed by atoms with Gasteiger partial charge in [0.2, 0.25) is 5.91 Å². The monoisotopic (exact) mass is 340 g/mol. The maximum atomic E-state index is 12.3. The number of hydrogen-bond donors (Lipinski definition) is 1. The number of carbonyl (C=O) groups excluding carboxylic acids is 3. The molecule has 1 atom stereocenters. The highest BCUT2D eigenvalue weighted by atomic mass is 35.5. The molecular formula is C15H14Cl2N2O3. The predicted molar refractivity (Wildman–Crippen MR) is 82.2 cm³/mol. The summed E-state index contributed by atoms with van der Waals surface area (Å²) in [6, 6.07) is 2.79. The summed E-state index contributed by atoms with van der Waals surface area (Å²) in [5.74, 6) is -0.879. The van der Waals surface area contributed by atoms with Crippen LogP contribution in [-0.2, 0) is 4.79 Å². The van der Waals surface area contributed by atoms with E-state index in [4.69, 9.17) is 23.2 Å². The Morgan fingerprint density at radius 1 is 1.23 bits per heavy atom. The molecule has 1 fully saturated rings. The number of rotatable bonds is 4. The van der Waals surface area contributed by atoms with Crippen molar-refractivity contribution in [3.63, 3.8) is 0 Å². The first-order valence-electron chi connectivity index (χ1n) is 7.03. The molecule has 0 unspecified atom stereocenters. The van der Waals surface area contributed by atoms with Gasteiger partial charge in [-0.15, -0.1) is 0 Å². The molecule has 0 radical (unpaired) electrons. The fourth-order valence-corrected chi connectivity index (χ4v) is 2.91. The summed E-state index contributed by atoms with van der Waals surface area (Å²) >= 11 is 11.8. The predicted octanol–water partition coefficient (Wildman–Crippen LogP) is 2.50. The lowest BCUT2D eigenvalue weighted by molar-refractivity contribution is -0.122. The summed E-state index contributed by atoms with van der Waals surface area (Å²) in [6.45, 7) is 1.64. The Bertz CT molecular complexity index is 645.